The van der Waals surface area contributed by atoms with E-state index in [0.29, 0.717) is 25.3 Å². The van der Waals surface area contributed by atoms with Crippen molar-refractivity contribution in [3.05, 3.63) is 24.3 Å². The number of hydrogen-bond donors (Lipinski definition) is 2. The first kappa shape index (κ1) is 11.9. The lowest BCUT2D eigenvalue weighted by molar-refractivity contribution is 0.0615. The summed E-state index contributed by atoms with van der Waals surface area (Å²) in [5.74, 6) is -0.516. The molecule has 0 saturated carbocycles. The predicted octanol–water partition coefficient (Wildman–Crippen LogP) is 1.03. The lowest BCUT2D eigenvalue weighted by Gasteiger charge is -2.10. The highest BCUT2D eigenvalue weighted by atomic mass is 19.1. The average Bonchev–Trinajstić information content (AvgIpc) is 2.18. The van der Waals surface area contributed by atoms with Gasteiger partial charge in [0, 0.05) is 31.6 Å². The summed E-state index contributed by atoms with van der Waals surface area (Å²) in [7, 11) is 1.54. The Labute approximate surface area is 88.1 Å². The number of aromatic nitrogens is 1. The van der Waals surface area contributed by atoms with Crippen LogP contribution in [0.25, 0.3) is 0 Å². The lowest BCUT2D eigenvalue weighted by atomic mass is 10.2. The van der Waals surface area contributed by atoms with E-state index >= 15 is 0 Å². The fourth-order valence-electron chi connectivity index (χ4n) is 1.17. The van der Waals surface area contributed by atoms with Crippen LogP contribution in [-0.2, 0) is 4.74 Å². The van der Waals surface area contributed by atoms with Gasteiger partial charge in [0.25, 0.3) is 0 Å². The highest BCUT2D eigenvalue weighted by molar-refractivity contribution is 5.40. The molecule has 15 heavy (non-hydrogen) atoms. The molecule has 1 rings (SSSR count). The zero-order chi connectivity index (χ0) is 11.1. The fraction of sp³-hybridized carbons (Fsp3) is 0.500. The standard InChI is InChI=1S/C10H15FN2O2/c1-15-7-9(14)3-5-12-8-2-4-13-10(11)6-8/h2,4,6,9,14H,3,5,7H2,1H3,(H,12,13). The molecule has 0 aliphatic heterocycles. The summed E-state index contributed by atoms with van der Waals surface area (Å²) in [4.78, 5) is 3.44. The predicted molar refractivity (Wildman–Crippen MR) is 55.2 cm³/mol. The SMILES string of the molecule is COCC(O)CCNc1ccnc(F)c1. The van der Waals surface area contributed by atoms with Gasteiger partial charge < -0.3 is 15.2 Å². The number of nitrogens with one attached hydrogen (secondary N) is 1. The first-order valence-electron chi connectivity index (χ1n) is 4.75. The first-order chi connectivity index (χ1) is 7.22. The van der Waals surface area contributed by atoms with Crippen LogP contribution in [0.1, 0.15) is 6.42 Å². The molecule has 4 nitrogen and oxygen atoms in total. The summed E-state index contributed by atoms with van der Waals surface area (Å²) < 4.78 is 17.4. The van der Waals surface area contributed by atoms with Gasteiger partial charge in [-0.15, -0.1) is 0 Å². The molecule has 0 spiro atoms. The van der Waals surface area contributed by atoms with Crippen molar-refractivity contribution in [2.75, 3.05) is 25.6 Å². The van der Waals surface area contributed by atoms with Gasteiger partial charge in [0.1, 0.15) is 0 Å². The van der Waals surface area contributed by atoms with E-state index < -0.39 is 12.1 Å². The van der Waals surface area contributed by atoms with Crippen LogP contribution < -0.4 is 5.32 Å². The summed E-state index contributed by atoms with van der Waals surface area (Å²) in [6, 6.07) is 2.98. The third kappa shape index (κ3) is 4.71. The van der Waals surface area contributed by atoms with Crippen LogP contribution in [0.2, 0.25) is 0 Å². The third-order valence-electron chi connectivity index (χ3n) is 1.89. The monoisotopic (exact) mass is 214 g/mol. The maximum absolute atomic E-state index is 12.7. The zero-order valence-corrected chi connectivity index (χ0v) is 8.61. The summed E-state index contributed by atoms with van der Waals surface area (Å²) in [5.41, 5.74) is 0.659. The fourth-order valence-corrected chi connectivity index (χ4v) is 1.17. The Morgan fingerprint density at radius 1 is 1.67 bits per heavy atom. The minimum absolute atomic E-state index is 0.312. The second-order valence-electron chi connectivity index (χ2n) is 3.19. The van der Waals surface area contributed by atoms with Crippen molar-refractivity contribution < 1.29 is 14.2 Å². The summed E-state index contributed by atoms with van der Waals surface area (Å²) in [6.45, 7) is 0.875. The number of methoxy groups -OCH3 is 1. The van der Waals surface area contributed by atoms with Crippen molar-refractivity contribution in [3.63, 3.8) is 0 Å². The van der Waals surface area contributed by atoms with Gasteiger partial charge >= 0.3 is 0 Å². The number of pyridine rings is 1. The van der Waals surface area contributed by atoms with Gasteiger partial charge in [-0.3, -0.25) is 0 Å². The van der Waals surface area contributed by atoms with Gasteiger partial charge in [-0.05, 0) is 12.5 Å². The molecule has 2 N–H and O–H groups in total. The lowest BCUT2D eigenvalue weighted by Crippen LogP contribution is -2.18. The van der Waals surface area contributed by atoms with Gasteiger partial charge in [0.2, 0.25) is 5.95 Å². The van der Waals surface area contributed by atoms with E-state index in [1.165, 1.54) is 19.4 Å². The first-order valence-corrected chi connectivity index (χ1v) is 4.75. The van der Waals surface area contributed by atoms with E-state index in [4.69, 9.17) is 4.74 Å². The summed E-state index contributed by atoms with van der Waals surface area (Å²) in [6.07, 6.45) is 1.45. The van der Waals surface area contributed by atoms with E-state index in [1.807, 2.05) is 0 Å². The van der Waals surface area contributed by atoms with E-state index in [-0.39, 0.29) is 0 Å². The van der Waals surface area contributed by atoms with Crippen molar-refractivity contribution >= 4 is 5.69 Å². The number of aliphatic hydroxyl groups excluding tert-OH is 1. The molecule has 1 aromatic rings. The molecule has 0 aromatic carbocycles. The van der Waals surface area contributed by atoms with Crippen molar-refractivity contribution in [1.29, 1.82) is 0 Å². The van der Waals surface area contributed by atoms with Gasteiger partial charge in [0.05, 0.1) is 12.7 Å². The number of hydrogen-bond acceptors (Lipinski definition) is 4. The number of rotatable bonds is 6. The molecule has 84 valence electrons. The number of halogens is 1. The largest absolute Gasteiger partial charge is 0.391 e. The Bertz CT molecular complexity index is 297. The molecule has 5 heteroatoms. The molecule has 1 heterocycles. The van der Waals surface area contributed by atoms with Gasteiger partial charge in [-0.1, -0.05) is 0 Å². The molecule has 0 radical (unpaired) electrons. The topological polar surface area (TPSA) is 54.4 Å². The molecular formula is C10H15FN2O2. The van der Waals surface area contributed by atoms with E-state index in [2.05, 4.69) is 10.3 Å². The average molecular weight is 214 g/mol. The van der Waals surface area contributed by atoms with Crippen molar-refractivity contribution in [2.45, 2.75) is 12.5 Å². The molecule has 0 fully saturated rings. The Hall–Kier alpha value is -1.20. The summed E-state index contributed by atoms with van der Waals surface area (Å²) >= 11 is 0. The van der Waals surface area contributed by atoms with Crippen molar-refractivity contribution in [3.8, 4) is 0 Å². The van der Waals surface area contributed by atoms with Crippen LogP contribution in [0.5, 0.6) is 0 Å². The van der Waals surface area contributed by atoms with Crippen LogP contribution >= 0.6 is 0 Å². The molecule has 1 unspecified atom stereocenters. The number of anilines is 1. The Kier molecular flexibility index (Phi) is 5.00. The van der Waals surface area contributed by atoms with Gasteiger partial charge in [-0.25, -0.2) is 4.98 Å². The summed E-state index contributed by atoms with van der Waals surface area (Å²) in [5, 5.41) is 12.3. The highest BCUT2D eigenvalue weighted by Gasteiger charge is 2.02. The molecule has 0 amide bonds. The van der Waals surface area contributed by atoms with E-state index in [9.17, 15) is 9.50 Å². The van der Waals surface area contributed by atoms with Gasteiger partial charge in [0.15, 0.2) is 0 Å². The van der Waals surface area contributed by atoms with Crippen LogP contribution in [-0.4, -0.2) is 36.5 Å². The zero-order valence-electron chi connectivity index (χ0n) is 8.61. The van der Waals surface area contributed by atoms with Crippen LogP contribution in [0.3, 0.4) is 0 Å². The second kappa shape index (κ2) is 6.31. The Morgan fingerprint density at radius 3 is 3.13 bits per heavy atom. The number of aliphatic hydroxyl groups is 1. The minimum atomic E-state index is -0.516. The van der Waals surface area contributed by atoms with Gasteiger partial charge in [-0.2, -0.15) is 4.39 Å². The quantitative estimate of drug-likeness (QED) is 0.694. The molecule has 0 aliphatic rings. The number of nitrogens with zero attached hydrogens (tertiary/aromatic N) is 1. The maximum atomic E-state index is 12.7. The maximum Gasteiger partial charge on any atom is 0.214 e. The molecule has 0 saturated heterocycles. The molecule has 1 aromatic heterocycles. The molecule has 1 atom stereocenters. The Morgan fingerprint density at radius 2 is 2.47 bits per heavy atom. The normalized spacial score (nSPS) is 12.5. The van der Waals surface area contributed by atoms with E-state index in [1.54, 1.807) is 6.07 Å². The Balaban J connectivity index is 2.25. The molecule has 0 aliphatic carbocycles. The van der Waals surface area contributed by atoms with Crippen LogP contribution in [0.15, 0.2) is 18.3 Å². The highest BCUT2D eigenvalue weighted by Crippen LogP contribution is 2.06. The van der Waals surface area contributed by atoms with Crippen LogP contribution in [0, 0.1) is 5.95 Å². The van der Waals surface area contributed by atoms with Crippen LogP contribution in [0.4, 0.5) is 10.1 Å². The molecule has 0 bridgehead atoms. The third-order valence-corrected chi connectivity index (χ3v) is 1.89. The smallest absolute Gasteiger partial charge is 0.214 e. The number of ether oxygens (including phenoxy) is 1. The minimum Gasteiger partial charge on any atom is -0.391 e. The second-order valence-corrected chi connectivity index (χ2v) is 3.19. The molecular weight excluding hydrogens is 199 g/mol. The van der Waals surface area contributed by atoms with Crippen molar-refractivity contribution in [1.82, 2.24) is 4.98 Å². The van der Waals surface area contributed by atoms with Crippen molar-refractivity contribution in [2.24, 2.45) is 0 Å². The van der Waals surface area contributed by atoms with E-state index in [0.717, 1.165) is 0 Å².